The van der Waals surface area contributed by atoms with Crippen LogP contribution in [0.1, 0.15) is 24.4 Å². The van der Waals surface area contributed by atoms with Crippen LogP contribution in [-0.4, -0.2) is 21.7 Å². The summed E-state index contributed by atoms with van der Waals surface area (Å²) in [6, 6.07) is 2.55. The van der Waals surface area contributed by atoms with E-state index in [4.69, 9.17) is 0 Å². The monoisotopic (exact) mass is 222 g/mol. The first-order valence-corrected chi connectivity index (χ1v) is 5.90. The van der Waals surface area contributed by atoms with Gasteiger partial charge in [0.05, 0.1) is 0 Å². The van der Waals surface area contributed by atoms with Gasteiger partial charge in [-0.25, -0.2) is 4.98 Å². The van der Waals surface area contributed by atoms with Gasteiger partial charge in [0.2, 0.25) is 0 Å². The van der Waals surface area contributed by atoms with Crippen LogP contribution in [0, 0.1) is 0 Å². The first kappa shape index (κ1) is 10.3. The van der Waals surface area contributed by atoms with Crippen molar-refractivity contribution in [2.45, 2.75) is 19.4 Å². The summed E-state index contributed by atoms with van der Waals surface area (Å²) in [6.07, 6.45) is 2.42. The lowest BCUT2D eigenvalue weighted by Gasteiger charge is -2.11. The highest BCUT2D eigenvalue weighted by atomic mass is 32.1. The minimum atomic E-state index is 0.402. The Morgan fingerprint density at radius 1 is 1.60 bits per heavy atom. The van der Waals surface area contributed by atoms with Gasteiger partial charge in [0.15, 0.2) is 0 Å². The molecule has 2 aromatic heterocycles. The average Bonchev–Trinajstić information content (AvgIpc) is 2.90. The summed E-state index contributed by atoms with van der Waals surface area (Å²) >= 11 is 1.73. The van der Waals surface area contributed by atoms with E-state index in [-0.39, 0.29) is 0 Å². The van der Waals surface area contributed by atoms with Crippen molar-refractivity contribution < 1.29 is 0 Å². The predicted octanol–water partition coefficient (Wildman–Crippen LogP) is 1.76. The largest absolute Gasteiger partial charge is 0.310 e. The van der Waals surface area contributed by atoms with E-state index in [2.05, 4.69) is 44.2 Å². The molecule has 0 aliphatic heterocycles. The molecule has 2 heterocycles. The van der Waals surface area contributed by atoms with Gasteiger partial charge >= 0.3 is 0 Å². The molecular formula is C10H14N4S. The second-order valence-electron chi connectivity index (χ2n) is 3.41. The van der Waals surface area contributed by atoms with E-state index in [1.165, 1.54) is 11.9 Å². The SMILES string of the molecule is CC(NCCc1ncn[nH]1)c1ccsc1. The number of nitrogens with one attached hydrogen (secondary N) is 2. The van der Waals surface area contributed by atoms with E-state index in [0.717, 1.165) is 18.8 Å². The fourth-order valence-corrected chi connectivity index (χ4v) is 2.15. The summed E-state index contributed by atoms with van der Waals surface area (Å²) < 4.78 is 0. The van der Waals surface area contributed by atoms with Crippen LogP contribution in [0.4, 0.5) is 0 Å². The number of aromatic nitrogens is 3. The van der Waals surface area contributed by atoms with Gasteiger partial charge in [-0.1, -0.05) is 0 Å². The number of hydrogen-bond donors (Lipinski definition) is 2. The summed E-state index contributed by atoms with van der Waals surface area (Å²) in [5.41, 5.74) is 1.34. The maximum Gasteiger partial charge on any atom is 0.137 e. The maximum atomic E-state index is 4.07. The smallest absolute Gasteiger partial charge is 0.137 e. The fourth-order valence-electron chi connectivity index (χ4n) is 1.40. The third kappa shape index (κ3) is 2.87. The van der Waals surface area contributed by atoms with Crippen molar-refractivity contribution >= 4 is 11.3 Å². The molecule has 4 nitrogen and oxygen atoms in total. The number of rotatable bonds is 5. The van der Waals surface area contributed by atoms with Gasteiger partial charge in [0.1, 0.15) is 12.2 Å². The lowest BCUT2D eigenvalue weighted by Crippen LogP contribution is -2.21. The number of thiophene rings is 1. The molecule has 0 fully saturated rings. The quantitative estimate of drug-likeness (QED) is 0.810. The molecule has 0 amide bonds. The number of aromatic amines is 1. The van der Waals surface area contributed by atoms with Crippen LogP contribution in [0.5, 0.6) is 0 Å². The fraction of sp³-hybridized carbons (Fsp3) is 0.400. The molecule has 0 saturated carbocycles. The summed E-state index contributed by atoms with van der Waals surface area (Å²) in [7, 11) is 0. The molecule has 80 valence electrons. The van der Waals surface area contributed by atoms with Crippen LogP contribution in [0.15, 0.2) is 23.2 Å². The maximum absolute atomic E-state index is 4.07. The highest BCUT2D eigenvalue weighted by Gasteiger charge is 2.04. The van der Waals surface area contributed by atoms with E-state index in [1.54, 1.807) is 11.3 Å². The number of hydrogen-bond acceptors (Lipinski definition) is 4. The Labute approximate surface area is 92.8 Å². The molecule has 2 N–H and O–H groups in total. The van der Waals surface area contributed by atoms with Crippen LogP contribution < -0.4 is 5.32 Å². The average molecular weight is 222 g/mol. The molecule has 2 rings (SSSR count). The molecule has 0 spiro atoms. The molecule has 0 aliphatic rings. The van der Waals surface area contributed by atoms with E-state index in [9.17, 15) is 0 Å². The van der Waals surface area contributed by atoms with Crippen LogP contribution in [-0.2, 0) is 6.42 Å². The number of nitrogens with zero attached hydrogens (tertiary/aromatic N) is 2. The molecule has 15 heavy (non-hydrogen) atoms. The third-order valence-electron chi connectivity index (χ3n) is 2.32. The molecule has 5 heteroatoms. The van der Waals surface area contributed by atoms with Crippen molar-refractivity contribution in [1.82, 2.24) is 20.5 Å². The van der Waals surface area contributed by atoms with Crippen LogP contribution >= 0.6 is 11.3 Å². The van der Waals surface area contributed by atoms with Gasteiger partial charge in [0, 0.05) is 19.0 Å². The zero-order valence-corrected chi connectivity index (χ0v) is 9.42. The lowest BCUT2D eigenvalue weighted by molar-refractivity contribution is 0.572. The summed E-state index contributed by atoms with van der Waals surface area (Å²) in [5, 5.41) is 14.4. The Balaban J connectivity index is 1.74. The van der Waals surface area contributed by atoms with Gasteiger partial charge in [0.25, 0.3) is 0 Å². The topological polar surface area (TPSA) is 53.6 Å². The van der Waals surface area contributed by atoms with Crippen LogP contribution in [0.3, 0.4) is 0 Å². The Bertz CT molecular complexity index is 368. The molecule has 0 aliphatic carbocycles. The highest BCUT2D eigenvalue weighted by molar-refractivity contribution is 7.07. The van der Waals surface area contributed by atoms with Crippen molar-refractivity contribution in [2.24, 2.45) is 0 Å². The van der Waals surface area contributed by atoms with Crippen molar-refractivity contribution in [1.29, 1.82) is 0 Å². The predicted molar refractivity (Wildman–Crippen MR) is 60.8 cm³/mol. The van der Waals surface area contributed by atoms with Gasteiger partial charge < -0.3 is 5.32 Å². The molecule has 1 unspecified atom stereocenters. The second-order valence-corrected chi connectivity index (χ2v) is 4.19. The molecule has 0 radical (unpaired) electrons. The molecule has 0 bridgehead atoms. The van der Waals surface area contributed by atoms with E-state index in [1.807, 2.05) is 0 Å². The van der Waals surface area contributed by atoms with E-state index < -0.39 is 0 Å². The lowest BCUT2D eigenvalue weighted by atomic mass is 10.2. The summed E-state index contributed by atoms with van der Waals surface area (Å²) in [6.45, 7) is 3.08. The summed E-state index contributed by atoms with van der Waals surface area (Å²) in [4.78, 5) is 4.07. The molecule has 2 aromatic rings. The third-order valence-corrected chi connectivity index (χ3v) is 3.02. The standard InChI is InChI=1S/C10H14N4S/c1-8(9-3-5-15-6-9)11-4-2-10-12-7-13-14-10/h3,5-8,11H,2,4H2,1H3,(H,12,13,14). The molecular weight excluding hydrogens is 208 g/mol. The second kappa shape index (κ2) is 5.04. The van der Waals surface area contributed by atoms with Gasteiger partial charge in [-0.3, -0.25) is 5.10 Å². The van der Waals surface area contributed by atoms with E-state index in [0.29, 0.717) is 6.04 Å². The minimum Gasteiger partial charge on any atom is -0.310 e. The zero-order valence-electron chi connectivity index (χ0n) is 8.60. The number of H-pyrrole nitrogens is 1. The van der Waals surface area contributed by atoms with Crippen molar-refractivity contribution in [3.8, 4) is 0 Å². The van der Waals surface area contributed by atoms with Gasteiger partial charge in [-0.15, -0.1) is 0 Å². The Morgan fingerprint density at radius 3 is 3.20 bits per heavy atom. The van der Waals surface area contributed by atoms with Crippen LogP contribution in [0.25, 0.3) is 0 Å². The Kier molecular flexibility index (Phi) is 3.47. The van der Waals surface area contributed by atoms with Crippen molar-refractivity contribution in [3.63, 3.8) is 0 Å². The molecule has 0 aromatic carbocycles. The zero-order chi connectivity index (χ0) is 10.5. The first-order valence-electron chi connectivity index (χ1n) is 4.96. The van der Waals surface area contributed by atoms with Crippen molar-refractivity contribution in [2.75, 3.05) is 6.54 Å². The minimum absolute atomic E-state index is 0.402. The first-order chi connectivity index (χ1) is 7.36. The molecule has 1 atom stereocenters. The van der Waals surface area contributed by atoms with Gasteiger partial charge in [-0.05, 0) is 29.3 Å². The Morgan fingerprint density at radius 2 is 2.53 bits per heavy atom. The molecule has 0 saturated heterocycles. The summed E-state index contributed by atoms with van der Waals surface area (Å²) in [5.74, 6) is 0.931. The van der Waals surface area contributed by atoms with Gasteiger partial charge in [-0.2, -0.15) is 16.4 Å². The Hall–Kier alpha value is -1.20. The highest BCUT2D eigenvalue weighted by Crippen LogP contribution is 2.15. The van der Waals surface area contributed by atoms with E-state index >= 15 is 0 Å². The van der Waals surface area contributed by atoms with Crippen LogP contribution in [0.2, 0.25) is 0 Å². The van der Waals surface area contributed by atoms with Crippen molar-refractivity contribution in [3.05, 3.63) is 34.5 Å². The normalized spacial score (nSPS) is 12.9.